The van der Waals surface area contributed by atoms with Crippen LogP contribution in [0.15, 0.2) is 53.9 Å². The number of benzene rings is 2. The van der Waals surface area contributed by atoms with Crippen molar-refractivity contribution in [2.24, 2.45) is 0 Å². The second-order valence-corrected chi connectivity index (χ2v) is 6.69. The van der Waals surface area contributed by atoms with Gasteiger partial charge in [-0.1, -0.05) is 37.3 Å². The molecule has 0 radical (unpaired) electrons. The largest absolute Gasteiger partial charge is 0.573 e. The third-order valence-electron chi connectivity index (χ3n) is 4.35. The zero-order valence-corrected chi connectivity index (χ0v) is 13.5. The third kappa shape index (κ3) is 2.49. The van der Waals surface area contributed by atoms with Crippen LogP contribution < -0.4 is 4.74 Å². The van der Waals surface area contributed by atoms with Gasteiger partial charge in [0.25, 0.3) is 0 Å². The number of rotatable bonds is 1. The van der Waals surface area contributed by atoms with Crippen molar-refractivity contribution in [3.8, 4) is 27.3 Å². The molecule has 4 rings (SSSR count). The van der Waals surface area contributed by atoms with Crippen molar-refractivity contribution in [1.82, 2.24) is 0 Å². The van der Waals surface area contributed by atoms with Gasteiger partial charge in [-0.15, -0.1) is 24.5 Å². The van der Waals surface area contributed by atoms with Crippen LogP contribution in [0.2, 0.25) is 0 Å². The maximum Gasteiger partial charge on any atom is 0.573 e. The van der Waals surface area contributed by atoms with Crippen LogP contribution in [0.5, 0.6) is 5.75 Å². The molecule has 0 amide bonds. The average molecular weight is 346 g/mol. The molecule has 0 saturated carbocycles. The number of ether oxygens (including phenoxy) is 1. The Morgan fingerprint density at radius 2 is 1.67 bits per heavy atom. The maximum atomic E-state index is 12.6. The highest BCUT2D eigenvalue weighted by molar-refractivity contribution is 7.14. The van der Waals surface area contributed by atoms with Gasteiger partial charge in [0.2, 0.25) is 0 Å². The molecular weight excluding hydrogens is 333 g/mol. The molecule has 2 aromatic carbocycles. The summed E-state index contributed by atoms with van der Waals surface area (Å²) in [5, 5.41) is 1.97. The first-order valence-corrected chi connectivity index (χ1v) is 8.39. The Balaban J connectivity index is 1.95. The second kappa shape index (κ2) is 5.38. The molecule has 0 spiro atoms. The Kier molecular flexibility index (Phi) is 3.42. The van der Waals surface area contributed by atoms with Crippen LogP contribution in [0, 0.1) is 0 Å². The van der Waals surface area contributed by atoms with Crippen LogP contribution in [0.25, 0.3) is 21.6 Å². The van der Waals surface area contributed by atoms with Crippen molar-refractivity contribution in [3.05, 3.63) is 65.0 Å². The van der Waals surface area contributed by atoms with E-state index in [0.29, 0.717) is 0 Å². The van der Waals surface area contributed by atoms with E-state index in [9.17, 15) is 13.2 Å². The van der Waals surface area contributed by atoms with Crippen LogP contribution >= 0.6 is 11.3 Å². The minimum atomic E-state index is -4.69. The predicted octanol–water partition coefficient (Wildman–Crippen LogP) is 6.45. The van der Waals surface area contributed by atoms with E-state index in [1.807, 2.05) is 23.6 Å². The van der Waals surface area contributed by atoms with Crippen molar-refractivity contribution in [3.63, 3.8) is 0 Å². The minimum absolute atomic E-state index is 0.0933. The normalized spacial score (nSPS) is 15.9. The monoisotopic (exact) mass is 346 g/mol. The summed E-state index contributed by atoms with van der Waals surface area (Å²) in [4.78, 5) is 1.08. The summed E-state index contributed by atoms with van der Waals surface area (Å²) < 4.78 is 41.8. The minimum Gasteiger partial charge on any atom is -0.406 e. The van der Waals surface area contributed by atoms with Gasteiger partial charge < -0.3 is 4.74 Å². The van der Waals surface area contributed by atoms with E-state index in [-0.39, 0.29) is 11.7 Å². The van der Waals surface area contributed by atoms with E-state index in [1.54, 1.807) is 17.4 Å². The number of hydrogen-bond donors (Lipinski definition) is 0. The van der Waals surface area contributed by atoms with E-state index in [1.165, 1.54) is 17.7 Å². The van der Waals surface area contributed by atoms with Crippen molar-refractivity contribution >= 4 is 11.3 Å². The molecule has 122 valence electrons. The molecule has 24 heavy (non-hydrogen) atoms. The lowest BCUT2D eigenvalue weighted by atomic mass is 9.89. The van der Waals surface area contributed by atoms with Gasteiger partial charge in [0, 0.05) is 16.4 Å². The van der Waals surface area contributed by atoms with Gasteiger partial charge in [0.05, 0.1) is 0 Å². The Labute approximate surface area is 141 Å². The molecule has 0 fully saturated rings. The molecule has 1 aliphatic carbocycles. The zero-order valence-electron chi connectivity index (χ0n) is 12.7. The summed E-state index contributed by atoms with van der Waals surface area (Å²) in [6.45, 7) is 2.08. The molecular formula is C19H13F3OS. The lowest BCUT2D eigenvalue weighted by Gasteiger charge is -2.17. The fourth-order valence-corrected chi connectivity index (χ4v) is 4.28. The SMILES string of the molecule is C[C@@H]1c2ccc(OC(F)(F)F)cc2-c2ccsc2-c2ccccc21. The lowest BCUT2D eigenvalue weighted by Crippen LogP contribution is -2.17. The summed E-state index contributed by atoms with van der Waals surface area (Å²) in [6.07, 6.45) is -4.69. The van der Waals surface area contributed by atoms with E-state index in [4.69, 9.17) is 0 Å². The molecule has 1 aromatic heterocycles. The molecule has 0 saturated heterocycles. The first-order chi connectivity index (χ1) is 11.4. The van der Waals surface area contributed by atoms with Crippen LogP contribution in [-0.2, 0) is 0 Å². The summed E-state index contributed by atoms with van der Waals surface area (Å²) in [5.41, 5.74) is 5.10. The van der Waals surface area contributed by atoms with Gasteiger partial charge in [-0.25, -0.2) is 0 Å². The van der Waals surface area contributed by atoms with Crippen molar-refractivity contribution in [2.45, 2.75) is 19.2 Å². The number of thiophene rings is 1. The highest BCUT2D eigenvalue weighted by atomic mass is 32.1. The zero-order chi connectivity index (χ0) is 16.9. The lowest BCUT2D eigenvalue weighted by molar-refractivity contribution is -0.274. The van der Waals surface area contributed by atoms with Crippen LogP contribution in [0.3, 0.4) is 0 Å². The molecule has 0 N–H and O–H groups in total. The summed E-state index contributed by atoms with van der Waals surface area (Å²) >= 11 is 1.60. The van der Waals surface area contributed by atoms with E-state index < -0.39 is 6.36 Å². The van der Waals surface area contributed by atoms with E-state index in [2.05, 4.69) is 23.8 Å². The fourth-order valence-electron chi connectivity index (χ4n) is 3.32. The number of halogens is 3. The molecule has 5 heteroatoms. The van der Waals surface area contributed by atoms with Crippen LogP contribution in [0.1, 0.15) is 24.0 Å². The predicted molar refractivity (Wildman–Crippen MR) is 89.4 cm³/mol. The molecule has 0 aliphatic heterocycles. The Hall–Kier alpha value is -2.27. The Morgan fingerprint density at radius 1 is 0.917 bits per heavy atom. The summed E-state index contributed by atoms with van der Waals surface area (Å²) in [5.74, 6) is -0.0905. The highest BCUT2D eigenvalue weighted by Crippen LogP contribution is 2.48. The Bertz CT molecular complexity index is 911. The molecule has 0 bridgehead atoms. The van der Waals surface area contributed by atoms with Gasteiger partial charge in [-0.05, 0) is 45.8 Å². The van der Waals surface area contributed by atoms with Crippen molar-refractivity contribution in [2.75, 3.05) is 0 Å². The molecule has 1 aliphatic rings. The number of fused-ring (bicyclic) bond motifs is 5. The smallest absolute Gasteiger partial charge is 0.406 e. The van der Waals surface area contributed by atoms with E-state index in [0.717, 1.165) is 27.1 Å². The Morgan fingerprint density at radius 3 is 2.46 bits per heavy atom. The standard InChI is InChI=1S/C19H13F3OS/c1-11-13-4-2-3-5-15(13)18-16(8-9-24-18)17-10-12(6-7-14(11)17)23-19(20,21)22/h2-11H,1H3/t11-/m0/s1. The van der Waals surface area contributed by atoms with Gasteiger partial charge in [0.1, 0.15) is 5.75 Å². The number of alkyl halides is 3. The quantitative estimate of drug-likeness (QED) is 0.492. The first kappa shape index (κ1) is 15.3. The maximum absolute atomic E-state index is 12.6. The topological polar surface area (TPSA) is 9.23 Å². The van der Waals surface area contributed by atoms with Gasteiger partial charge in [-0.3, -0.25) is 0 Å². The molecule has 1 atom stereocenters. The van der Waals surface area contributed by atoms with Gasteiger partial charge >= 0.3 is 6.36 Å². The fraction of sp³-hybridized carbons (Fsp3) is 0.158. The molecule has 3 aromatic rings. The highest BCUT2D eigenvalue weighted by Gasteiger charge is 2.32. The van der Waals surface area contributed by atoms with Crippen molar-refractivity contribution in [1.29, 1.82) is 0 Å². The van der Waals surface area contributed by atoms with Crippen molar-refractivity contribution < 1.29 is 17.9 Å². The molecule has 1 nitrogen and oxygen atoms in total. The van der Waals surface area contributed by atoms with E-state index >= 15 is 0 Å². The summed E-state index contributed by atoms with van der Waals surface area (Å²) in [6, 6.07) is 14.7. The second-order valence-electron chi connectivity index (χ2n) is 5.77. The average Bonchev–Trinajstić information content (AvgIpc) is 2.99. The molecule has 0 unspecified atom stereocenters. The van der Waals surface area contributed by atoms with Gasteiger partial charge in [0.15, 0.2) is 0 Å². The molecule has 1 heterocycles. The third-order valence-corrected chi connectivity index (χ3v) is 5.30. The number of hydrogen-bond acceptors (Lipinski definition) is 2. The van der Waals surface area contributed by atoms with Crippen LogP contribution in [-0.4, -0.2) is 6.36 Å². The first-order valence-electron chi connectivity index (χ1n) is 7.51. The van der Waals surface area contributed by atoms with Crippen LogP contribution in [0.4, 0.5) is 13.2 Å². The summed E-state index contributed by atoms with van der Waals surface area (Å²) in [7, 11) is 0. The van der Waals surface area contributed by atoms with Gasteiger partial charge in [-0.2, -0.15) is 0 Å².